The van der Waals surface area contributed by atoms with Crippen molar-refractivity contribution in [1.29, 1.82) is 0 Å². The van der Waals surface area contributed by atoms with Gasteiger partial charge >= 0.3 is 0 Å². The third kappa shape index (κ3) is 6.56. The average molecular weight is 660 g/mol. The lowest BCUT2D eigenvalue weighted by molar-refractivity contribution is -0.0886. The molecular weight excluding hydrogens is 615 g/mol. The van der Waals surface area contributed by atoms with Gasteiger partial charge in [0.2, 0.25) is 0 Å². The average Bonchev–Trinajstić information content (AvgIpc) is 3.00. The third-order valence-corrected chi connectivity index (χ3v) is 12.0. The highest BCUT2D eigenvalue weighted by Crippen LogP contribution is 2.44. The van der Waals surface area contributed by atoms with Gasteiger partial charge in [-0.25, -0.2) is 31.6 Å². The Bertz CT molecular complexity index is 1760. The summed E-state index contributed by atoms with van der Waals surface area (Å²) in [6.07, 6.45) is 3.89. The van der Waals surface area contributed by atoms with Gasteiger partial charge in [0.05, 0.1) is 28.5 Å². The molecule has 12 heteroatoms. The number of fused-ring (bicyclic) bond motifs is 8. The maximum atomic E-state index is 16.1. The maximum Gasteiger partial charge on any atom is 0.278 e. The standard InChI is InChI=1S/C34H44F3N5O3S/c1-21-7-4-5-14-42-32-28(19-27(33(42)43)24-12-17-46(44,45)18-13-24)31(39-23(3)40-32)38-22(2)26-8-6-9-29(30(26)35)34(36,37)25-10-15-41(20-21)16-11-25/h6,8-9,19,21-22,24-25H,4-5,7,10-18,20H2,1-3H3,(H,38,39,40)/t21?,22-/m1/s1. The largest absolute Gasteiger partial charge is 0.363 e. The van der Waals surface area contributed by atoms with Crippen LogP contribution in [0.15, 0.2) is 29.1 Å². The van der Waals surface area contributed by atoms with Crippen LogP contribution in [0, 0.1) is 24.6 Å². The van der Waals surface area contributed by atoms with Crippen LogP contribution in [0.1, 0.15) is 93.3 Å². The molecule has 7 rings (SSSR count). The van der Waals surface area contributed by atoms with Crippen molar-refractivity contribution in [3.8, 4) is 0 Å². The lowest BCUT2D eigenvalue weighted by Gasteiger charge is -2.37. The van der Waals surface area contributed by atoms with Crippen LogP contribution in [-0.4, -0.2) is 59.0 Å². The molecule has 4 aliphatic heterocycles. The number of aryl methyl sites for hydroxylation is 2. The van der Waals surface area contributed by atoms with Crippen LogP contribution >= 0.6 is 0 Å². The van der Waals surface area contributed by atoms with Gasteiger partial charge in [-0.05, 0) is 83.4 Å². The number of rotatable bonds is 1. The number of nitrogens with zero attached hydrogens (tertiary/aromatic N) is 4. The van der Waals surface area contributed by atoms with Gasteiger partial charge in [0.25, 0.3) is 11.5 Å². The van der Waals surface area contributed by atoms with E-state index in [-0.39, 0.29) is 28.5 Å². The van der Waals surface area contributed by atoms with Crippen LogP contribution in [0.2, 0.25) is 0 Å². The Kier molecular flexibility index (Phi) is 9.23. The summed E-state index contributed by atoms with van der Waals surface area (Å²) in [6, 6.07) is 5.23. The van der Waals surface area contributed by atoms with Gasteiger partial charge in [-0.1, -0.05) is 31.5 Å². The number of hydrogen-bond donors (Lipinski definition) is 1. The van der Waals surface area contributed by atoms with Gasteiger partial charge in [0, 0.05) is 30.1 Å². The second-order valence-electron chi connectivity index (χ2n) is 13.7. The molecule has 8 nitrogen and oxygen atoms in total. The van der Waals surface area contributed by atoms with Crippen molar-refractivity contribution in [3.63, 3.8) is 0 Å². The van der Waals surface area contributed by atoms with Crippen LogP contribution < -0.4 is 10.9 Å². The summed E-state index contributed by atoms with van der Waals surface area (Å²) in [5.74, 6) is -4.21. The molecule has 0 saturated carbocycles. The van der Waals surface area contributed by atoms with E-state index in [2.05, 4.69) is 27.1 Å². The molecule has 2 fully saturated rings. The molecule has 46 heavy (non-hydrogen) atoms. The molecule has 1 N–H and O–H groups in total. The maximum absolute atomic E-state index is 16.1. The highest BCUT2D eigenvalue weighted by atomic mass is 32.2. The number of hydrogen-bond acceptors (Lipinski definition) is 7. The van der Waals surface area contributed by atoms with Crippen molar-refractivity contribution in [3.05, 3.63) is 63.0 Å². The topological polar surface area (TPSA) is 97.2 Å². The molecule has 2 saturated heterocycles. The Morgan fingerprint density at radius 3 is 2.39 bits per heavy atom. The summed E-state index contributed by atoms with van der Waals surface area (Å²) in [7, 11) is -3.14. The molecular formula is C34H44F3N5O3S. The summed E-state index contributed by atoms with van der Waals surface area (Å²) in [5, 5.41) is 3.83. The molecule has 1 unspecified atom stereocenters. The molecule has 2 atom stereocenters. The van der Waals surface area contributed by atoms with Gasteiger partial charge in [-0.15, -0.1) is 0 Å². The van der Waals surface area contributed by atoms with Crippen molar-refractivity contribution in [2.24, 2.45) is 11.8 Å². The van der Waals surface area contributed by atoms with Crippen molar-refractivity contribution in [2.45, 2.75) is 90.1 Å². The van der Waals surface area contributed by atoms with Crippen molar-refractivity contribution >= 4 is 26.7 Å². The van der Waals surface area contributed by atoms with Crippen molar-refractivity contribution in [2.75, 3.05) is 36.5 Å². The molecule has 8 bridgehead atoms. The fourth-order valence-electron chi connectivity index (χ4n) is 7.60. The first kappa shape index (κ1) is 32.9. The highest BCUT2D eigenvalue weighted by Gasteiger charge is 2.45. The molecule has 250 valence electrons. The van der Waals surface area contributed by atoms with E-state index in [1.54, 1.807) is 24.5 Å². The number of benzene rings is 1. The molecule has 4 aliphatic rings. The predicted molar refractivity (Wildman–Crippen MR) is 174 cm³/mol. The number of nitrogens with one attached hydrogen (secondary N) is 1. The summed E-state index contributed by atoms with van der Waals surface area (Å²) >= 11 is 0. The van der Waals surface area contributed by atoms with E-state index >= 15 is 13.2 Å². The second-order valence-corrected chi connectivity index (χ2v) is 16.0. The van der Waals surface area contributed by atoms with E-state index in [0.717, 1.165) is 25.8 Å². The summed E-state index contributed by atoms with van der Waals surface area (Å²) in [6.45, 7) is 7.96. The number of piperidine rings is 1. The molecule has 0 spiro atoms. The van der Waals surface area contributed by atoms with E-state index in [9.17, 15) is 13.2 Å². The fourth-order valence-corrected chi connectivity index (χ4v) is 9.09. The lowest BCUT2D eigenvalue weighted by atomic mass is 9.85. The molecule has 0 aliphatic carbocycles. The van der Waals surface area contributed by atoms with Crippen LogP contribution in [0.3, 0.4) is 0 Å². The SMILES string of the molecule is Cc1nc2c3cc(C4CCS(=O)(=O)CC4)c(=O)n(c3n1)CCCCC(C)CN1CCC(CC1)C(F)(F)c1cccc(c1F)[C@@H](C)N2. The predicted octanol–water partition coefficient (Wildman–Crippen LogP) is 6.33. The number of alkyl halides is 2. The van der Waals surface area contributed by atoms with Crippen LogP contribution in [0.25, 0.3) is 11.0 Å². The Balaban J connectivity index is 1.46. The minimum Gasteiger partial charge on any atom is -0.363 e. The third-order valence-electron chi connectivity index (χ3n) is 10.3. The summed E-state index contributed by atoms with van der Waals surface area (Å²) < 4.78 is 74.0. The van der Waals surface area contributed by atoms with Gasteiger partial charge in [0.1, 0.15) is 32.9 Å². The normalized spacial score (nSPS) is 27.3. The Morgan fingerprint density at radius 1 is 0.957 bits per heavy atom. The lowest BCUT2D eigenvalue weighted by Crippen LogP contribution is -2.41. The van der Waals surface area contributed by atoms with E-state index in [1.165, 1.54) is 18.2 Å². The molecule has 0 amide bonds. The number of aromatic nitrogens is 3. The fraction of sp³-hybridized carbons (Fsp3) is 0.618. The van der Waals surface area contributed by atoms with Crippen molar-refractivity contribution < 1.29 is 21.6 Å². The molecule has 6 heterocycles. The van der Waals surface area contributed by atoms with E-state index in [1.807, 2.05) is 0 Å². The number of anilines is 1. The Labute approximate surface area is 268 Å². The monoisotopic (exact) mass is 659 g/mol. The number of sulfone groups is 1. The first-order chi connectivity index (χ1) is 21.8. The zero-order chi connectivity index (χ0) is 32.8. The van der Waals surface area contributed by atoms with Crippen LogP contribution in [0.4, 0.5) is 19.0 Å². The zero-order valence-corrected chi connectivity index (χ0v) is 27.7. The zero-order valence-electron chi connectivity index (χ0n) is 26.9. The van der Waals surface area contributed by atoms with Crippen molar-refractivity contribution in [1.82, 2.24) is 19.4 Å². The van der Waals surface area contributed by atoms with Gasteiger partial charge < -0.3 is 10.2 Å². The second kappa shape index (κ2) is 12.9. The highest BCUT2D eigenvalue weighted by molar-refractivity contribution is 7.91. The summed E-state index contributed by atoms with van der Waals surface area (Å²) in [5.41, 5.74) is 0.330. The Morgan fingerprint density at radius 2 is 1.67 bits per heavy atom. The van der Waals surface area contributed by atoms with Gasteiger partial charge in [-0.3, -0.25) is 9.36 Å². The Hall–Kier alpha value is -2.99. The van der Waals surface area contributed by atoms with Gasteiger partial charge in [0.15, 0.2) is 0 Å². The summed E-state index contributed by atoms with van der Waals surface area (Å²) in [4.78, 5) is 25.6. The molecule has 0 radical (unpaired) electrons. The van der Waals surface area contributed by atoms with Crippen LogP contribution in [0.5, 0.6) is 0 Å². The quantitative estimate of drug-likeness (QED) is 0.326. The first-order valence-electron chi connectivity index (χ1n) is 16.6. The first-order valence-corrected chi connectivity index (χ1v) is 18.4. The van der Waals surface area contributed by atoms with E-state index < -0.39 is 39.1 Å². The number of pyridine rings is 1. The molecule has 1 aromatic carbocycles. The van der Waals surface area contributed by atoms with E-state index in [4.69, 9.17) is 0 Å². The van der Waals surface area contributed by atoms with E-state index in [0.29, 0.717) is 79.5 Å². The smallest absolute Gasteiger partial charge is 0.278 e. The van der Waals surface area contributed by atoms with Crippen LogP contribution in [-0.2, 0) is 22.3 Å². The number of halogens is 3. The minimum absolute atomic E-state index is 0.0255. The minimum atomic E-state index is -3.31. The molecule has 3 aromatic rings. The molecule has 2 aromatic heterocycles. The van der Waals surface area contributed by atoms with Gasteiger partial charge in [-0.2, -0.15) is 0 Å².